The van der Waals surface area contributed by atoms with Crippen LogP contribution in [-0.2, 0) is 6.42 Å². The lowest BCUT2D eigenvalue weighted by Gasteiger charge is -2.14. The summed E-state index contributed by atoms with van der Waals surface area (Å²) in [5.74, 6) is 0.540. The van der Waals surface area contributed by atoms with E-state index in [1.165, 1.54) is 9.13 Å². The number of hydrogen-bond acceptors (Lipinski definition) is 5. The van der Waals surface area contributed by atoms with Crippen LogP contribution in [0.1, 0.15) is 22.4 Å². The molecule has 1 aromatic carbocycles. The average Bonchev–Trinajstić information content (AvgIpc) is 2.44. The number of halogens is 1. The predicted octanol–water partition coefficient (Wildman–Crippen LogP) is 3.00. The fourth-order valence-corrected chi connectivity index (χ4v) is 3.24. The molecule has 0 aliphatic heterocycles. The summed E-state index contributed by atoms with van der Waals surface area (Å²) >= 11 is 2.35. The molecule has 0 spiro atoms. The van der Waals surface area contributed by atoms with E-state index in [9.17, 15) is 0 Å². The van der Waals surface area contributed by atoms with Crippen LogP contribution in [0.2, 0.25) is 0 Å². The molecule has 22 heavy (non-hydrogen) atoms. The molecule has 6 heteroatoms. The molecule has 0 radical (unpaired) electrons. The third-order valence-electron chi connectivity index (χ3n) is 3.80. The average molecular weight is 405 g/mol. The lowest BCUT2D eigenvalue weighted by molar-refractivity contribution is 1.05. The highest BCUT2D eigenvalue weighted by Crippen LogP contribution is 2.28. The summed E-state index contributed by atoms with van der Waals surface area (Å²) in [6, 6.07) is 8.33. The van der Waals surface area contributed by atoms with Crippen molar-refractivity contribution in [1.82, 2.24) is 15.0 Å². The van der Waals surface area contributed by atoms with Gasteiger partial charge in [0.25, 0.3) is 0 Å². The number of fused-ring (bicyclic) bond motifs is 1. The molecule has 112 valence electrons. The first-order chi connectivity index (χ1) is 10.5. The van der Waals surface area contributed by atoms with Crippen molar-refractivity contribution in [2.45, 2.75) is 20.3 Å². The van der Waals surface area contributed by atoms with Crippen molar-refractivity contribution in [2.24, 2.45) is 0 Å². The van der Waals surface area contributed by atoms with Gasteiger partial charge in [-0.1, -0.05) is 18.2 Å². The lowest BCUT2D eigenvalue weighted by atomic mass is 9.97. The molecule has 4 N–H and O–H groups in total. The number of aryl methyl sites for hydroxylation is 2. The van der Waals surface area contributed by atoms with E-state index in [1.54, 1.807) is 0 Å². The van der Waals surface area contributed by atoms with Gasteiger partial charge in [-0.15, -0.1) is 0 Å². The minimum atomic E-state index is 0.154. The van der Waals surface area contributed by atoms with E-state index in [0.717, 1.165) is 28.6 Å². The number of anilines is 2. The standard InChI is InChI=1S/C16H16IN5/c1-8-11(7-10-5-3-4-6-12(10)17)9(2)20-15-13(8)14(18)21-16(19)22-15/h3-6H,7H2,1-2H3,(H4,18,19,20,21,22). The number of aromatic nitrogens is 3. The van der Waals surface area contributed by atoms with Crippen molar-refractivity contribution in [3.8, 4) is 0 Å². The minimum Gasteiger partial charge on any atom is -0.383 e. The van der Waals surface area contributed by atoms with Crippen molar-refractivity contribution in [3.63, 3.8) is 0 Å². The molecule has 0 aliphatic rings. The van der Waals surface area contributed by atoms with E-state index in [2.05, 4.69) is 55.7 Å². The number of pyridine rings is 1. The Morgan fingerprint density at radius 1 is 1.05 bits per heavy atom. The van der Waals surface area contributed by atoms with Crippen LogP contribution in [0.15, 0.2) is 24.3 Å². The second kappa shape index (κ2) is 5.68. The van der Waals surface area contributed by atoms with Gasteiger partial charge in [0.15, 0.2) is 5.65 Å². The Hall–Kier alpha value is -1.96. The third kappa shape index (κ3) is 2.58. The van der Waals surface area contributed by atoms with Gasteiger partial charge in [0.1, 0.15) is 5.82 Å². The number of benzene rings is 1. The van der Waals surface area contributed by atoms with Gasteiger partial charge in [0.05, 0.1) is 5.39 Å². The first-order valence-electron chi connectivity index (χ1n) is 6.89. The number of nitrogen functional groups attached to an aromatic ring is 2. The van der Waals surface area contributed by atoms with Gasteiger partial charge < -0.3 is 11.5 Å². The number of nitrogens with zero attached hydrogens (tertiary/aromatic N) is 3. The normalized spacial score (nSPS) is 11.0. The van der Waals surface area contributed by atoms with Gasteiger partial charge in [-0.2, -0.15) is 9.97 Å². The number of rotatable bonds is 2. The quantitative estimate of drug-likeness (QED) is 0.640. The summed E-state index contributed by atoms with van der Waals surface area (Å²) in [5.41, 5.74) is 16.7. The molecular formula is C16H16IN5. The monoisotopic (exact) mass is 405 g/mol. The fourth-order valence-electron chi connectivity index (χ4n) is 2.67. The van der Waals surface area contributed by atoms with Gasteiger partial charge in [0, 0.05) is 15.7 Å². The predicted molar refractivity (Wildman–Crippen MR) is 97.6 cm³/mol. The van der Waals surface area contributed by atoms with E-state index in [1.807, 2.05) is 19.9 Å². The minimum absolute atomic E-state index is 0.154. The smallest absolute Gasteiger partial charge is 0.224 e. The highest BCUT2D eigenvalue weighted by molar-refractivity contribution is 14.1. The fraction of sp³-hybridized carbons (Fsp3) is 0.188. The molecule has 0 amide bonds. The largest absolute Gasteiger partial charge is 0.383 e. The highest BCUT2D eigenvalue weighted by atomic mass is 127. The summed E-state index contributed by atoms with van der Waals surface area (Å²) in [6.07, 6.45) is 0.809. The summed E-state index contributed by atoms with van der Waals surface area (Å²) in [4.78, 5) is 12.8. The maximum atomic E-state index is 6.03. The summed E-state index contributed by atoms with van der Waals surface area (Å²) in [7, 11) is 0. The van der Waals surface area contributed by atoms with E-state index in [-0.39, 0.29) is 5.95 Å². The topological polar surface area (TPSA) is 90.7 Å². The van der Waals surface area contributed by atoms with Crippen LogP contribution in [0.5, 0.6) is 0 Å². The van der Waals surface area contributed by atoms with Crippen LogP contribution < -0.4 is 11.5 Å². The number of hydrogen-bond donors (Lipinski definition) is 2. The van der Waals surface area contributed by atoms with Crippen LogP contribution >= 0.6 is 22.6 Å². The van der Waals surface area contributed by atoms with Crippen LogP contribution in [0.3, 0.4) is 0 Å². The van der Waals surface area contributed by atoms with Gasteiger partial charge in [-0.25, -0.2) is 4.98 Å². The summed E-state index contributed by atoms with van der Waals surface area (Å²) < 4.78 is 1.24. The zero-order valence-electron chi connectivity index (χ0n) is 12.4. The van der Waals surface area contributed by atoms with Crippen LogP contribution in [0.25, 0.3) is 11.0 Å². The Bertz CT molecular complexity index is 876. The second-order valence-corrected chi connectivity index (χ2v) is 6.40. The summed E-state index contributed by atoms with van der Waals surface area (Å²) in [6.45, 7) is 4.03. The van der Waals surface area contributed by atoms with E-state index >= 15 is 0 Å². The first-order valence-corrected chi connectivity index (χ1v) is 7.97. The van der Waals surface area contributed by atoms with Gasteiger partial charge in [-0.05, 0) is 59.2 Å². The van der Waals surface area contributed by atoms with Gasteiger partial charge in [0.2, 0.25) is 5.95 Å². The Kier molecular flexibility index (Phi) is 3.86. The Morgan fingerprint density at radius 2 is 1.77 bits per heavy atom. The molecule has 0 saturated heterocycles. The molecule has 0 aliphatic carbocycles. The summed E-state index contributed by atoms with van der Waals surface area (Å²) in [5, 5.41) is 0.792. The third-order valence-corrected chi connectivity index (χ3v) is 4.85. The molecule has 0 unspecified atom stereocenters. The molecule has 0 bridgehead atoms. The van der Waals surface area contributed by atoms with Crippen LogP contribution in [0, 0.1) is 17.4 Å². The van der Waals surface area contributed by atoms with E-state index < -0.39 is 0 Å². The Balaban J connectivity index is 2.20. The molecule has 0 saturated carbocycles. The van der Waals surface area contributed by atoms with Crippen LogP contribution in [0.4, 0.5) is 11.8 Å². The van der Waals surface area contributed by atoms with Crippen molar-refractivity contribution in [2.75, 3.05) is 11.5 Å². The molecular weight excluding hydrogens is 389 g/mol. The molecule has 0 atom stereocenters. The molecule has 2 aromatic heterocycles. The molecule has 0 fully saturated rings. The maximum absolute atomic E-state index is 6.03. The first kappa shape index (κ1) is 15.0. The number of nitrogens with two attached hydrogens (primary N) is 2. The van der Waals surface area contributed by atoms with Crippen LogP contribution in [-0.4, -0.2) is 15.0 Å². The molecule has 2 heterocycles. The Morgan fingerprint density at radius 3 is 2.50 bits per heavy atom. The molecule has 3 rings (SSSR count). The lowest BCUT2D eigenvalue weighted by Crippen LogP contribution is -2.07. The molecule has 5 nitrogen and oxygen atoms in total. The second-order valence-electron chi connectivity index (χ2n) is 5.23. The van der Waals surface area contributed by atoms with E-state index in [0.29, 0.717) is 11.5 Å². The zero-order chi connectivity index (χ0) is 15.9. The van der Waals surface area contributed by atoms with Crippen molar-refractivity contribution >= 4 is 45.4 Å². The highest BCUT2D eigenvalue weighted by Gasteiger charge is 2.15. The Labute approximate surface area is 142 Å². The zero-order valence-corrected chi connectivity index (χ0v) is 14.5. The SMILES string of the molecule is Cc1nc2nc(N)nc(N)c2c(C)c1Cc1ccccc1I. The van der Waals surface area contributed by atoms with Gasteiger partial charge in [-0.3, -0.25) is 0 Å². The maximum Gasteiger partial charge on any atom is 0.224 e. The van der Waals surface area contributed by atoms with Crippen molar-refractivity contribution in [3.05, 3.63) is 50.2 Å². The van der Waals surface area contributed by atoms with Crippen molar-refractivity contribution in [1.29, 1.82) is 0 Å². The van der Waals surface area contributed by atoms with Gasteiger partial charge >= 0.3 is 0 Å². The van der Waals surface area contributed by atoms with Crippen molar-refractivity contribution < 1.29 is 0 Å². The molecule has 3 aromatic rings. The van der Waals surface area contributed by atoms with E-state index in [4.69, 9.17) is 11.5 Å².